The smallest absolute Gasteiger partial charge is 0.251 e. The molecule has 0 spiro atoms. The summed E-state index contributed by atoms with van der Waals surface area (Å²) < 4.78 is 0. The maximum absolute atomic E-state index is 12.2. The molecule has 0 fully saturated rings. The molecule has 0 unspecified atom stereocenters. The summed E-state index contributed by atoms with van der Waals surface area (Å²) >= 11 is 0. The monoisotopic (exact) mass is 860 g/mol. The molecule has 0 bridgehead atoms. The van der Waals surface area contributed by atoms with Crippen LogP contribution in [0.2, 0.25) is 0 Å². The summed E-state index contributed by atoms with van der Waals surface area (Å²) in [4.78, 5) is 36.3. The molecule has 0 saturated heterocycles. The molecule has 0 aromatic carbocycles. The van der Waals surface area contributed by atoms with Gasteiger partial charge in [-0.2, -0.15) is 0 Å². The van der Waals surface area contributed by atoms with Gasteiger partial charge in [0.1, 0.15) is 18.3 Å². The Balaban J connectivity index is 3.51. The van der Waals surface area contributed by atoms with Crippen molar-refractivity contribution in [2.24, 2.45) is 11.5 Å². The average molecular weight is 860 g/mol. The van der Waals surface area contributed by atoms with Crippen LogP contribution in [0.1, 0.15) is 186 Å². The van der Waals surface area contributed by atoms with Crippen molar-refractivity contribution < 1.29 is 39.9 Å². The van der Waals surface area contributed by atoms with E-state index in [1.807, 2.05) is 0 Å². The highest BCUT2D eigenvalue weighted by atomic mass is 16.4. The van der Waals surface area contributed by atoms with Crippen LogP contribution in [-0.4, -0.2) is 126 Å². The van der Waals surface area contributed by atoms with Gasteiger partial charge < -0.3 is 63.6 Å². The first-order chi connectivity index (χ1) is 29.2. The summed E-state index contributed by atoms with van der Waals surface area (Å²) in [5.74, 6) is -0.491. The second kappa shape index (κ2) is 43.7. The predicted molar refractivity (Wildman–Crippen MR) is 242 cm³/mol. The van der Waals surface area contributed by atoms with E-state index in [9.17, 15) is 34.8 Å². The fraction of sp³-hybridized carbons (Fsp3) is 0.933. The van der Waals surface area contributed by atoms with E-state index in [1.165, 1.54) is 44.9 Å². The predicted octanol–water partition coefficient (Wildman–Crippen LogP) is 3.51. The number of carbonyl (C=O) groups is 3. The van der Waals surface area contributed by atoms with Crippen LogP contribution in [0.5, 0.6) is 0 Å². The first-order valence-electron chi connectivity index (χ1n) is 24.2. The van der Waals surface area contributed by atoms with Crippen molar-refractivity contribution in [1.82, 2.24) is 26.6 Å². The molecule has 0 heterocycles. The lowest BCUT2D eigenvalue weighted by Gasteiger charge is -2.24. The highest BCUT2D eigenvalue weighted by Crippen LogP contribution is 2.13. The number of aliphatic hydroxyl groups excluding tert-OH is 5. The van der Waals surface area contributed by atoms with Crippen LogP contribution in [0.4, 0.5) is 0 Å². The minimum atomic E-state index is -1.89. The maximum atomic E-state index is 12.2. The Labute approximate surface area is 364 Å². The van der Waals surface area contributed by atoms with Gasteiger partial charge in [0.15, 0.2) is 6.10 Å². The number of amides is 3. The van der Waals surface area contributed by atoms with Crippen LogP contribution in [0.3, 0.4) is 0 Å². The number of nitrogens with two attached hydrogens (primary N) is 2. The Kier molecular flexibility index (Phi) is 42.3. The molecule has 0 rings (SSSR count). The van der Waals surface area contributed by atoms with E-state index in [1.54, 1.807) is 0 Å². The molecule has 0 aliphatic carbocycles. The van der Waals surface area contributed by atoms with Crippen LogP contribution in [0, 0.1) is 0 Å². The normalized spacial score (nSPS) is 13.6. The summed E-state index contributed by atoms with van der Waals surface area (Å²) in [5, 5.41) is 63.3. The SMILES string of the molecule is NCCCCNC(CCCCCCNC(=O)CCCCCCCCCCCNC(=O)CCCCCCCCCCCNC(=O)[C@H](O)[C@@H](O)[C@H](O)[C@H](O)CO)NCCCCN. The fourth-order valence-corrected chi connectivity index (χ4v) is 7.12. The molecule has 4 atom stereocenters. The second-order valence-corrected chi connectivity index (χ2v) is 16.7. The van der Waals surface area contributed by atoms with Crippen molar-refractivity contribution in [3.63, 3.8) is 0 Å². The molecule has 60 heavy (non-hydrogen) atoms. The van der Waals surface area contributed by atoms with E-state index in [0.29, 0.717) is 25.6 Å². The van der Waals surface area contributed by atoms with Crippen LogP contribution < -0.4 is 38.1 Å². The molecule has 0 aromatic rings. The third-order valence-electron chi connectivity index (χ3n) is 11.1. The van der Waals surface area contributed by atoms with Crippen LogP contribution in [0.25, 0.3) is 0 Å². The topological polar surface area (TPSA) is 265 Å². The molecule has 3 amide bonds. The van der Waals surface area contributed by atoms with Crippen LogP contribution in [0.15, 0.2) is 0 Å². The van der Waals surface area contributed by atoms with Crippen molar-refractivity contribution in [1.29, 1.82) is 0 Å². The zero-order valence-corrected chi connectivity index (χ0v) is 37.7. The van der Waals surface area contributed by atoms with Gasteiger partial charge in [0, 0.05) is 32.5 Å². The first kappa shape index (κ1) is 58.0. The lowest BCUT2D eigenvalue weighted by molar-refractivity contribution is -0.148. The highest BCUT2D eigenvalue weighted by Gasteiger charge is 2.33. The minimum absolute atomic E-state index is 0.151. The van der Waals surface area contributed by atoms with Gasteiger partial charge in [0.25, 0.3) is 5.91 Å². The van der Waals surface area contributed by atoms with Crippen molar-refractivity contribution >= 4 is 17.7 Å². The number of rotatable bonds is 46. The van der Waals surface area contributed by atoms with E-state index in [4.69, 9.17) is 16.6 Å². The lowest BCUT2D eigenvalue weighted by atomic mass is 10.0. The largest absolute Gasteiger partial charge is 0.394 e. The number of hydrogen-bond donors (Lipinski definition) is 12. The van der Waals surface area contributed by atoms with E-state index >= 15 is 0 Å². The van der Waals surface area contributed by atoms with Crippen molar-refractivity contribution in [2.45, 2.75) is 217 Å². The van der Waals surface area contributed by atoms with Gasteiger partial charge in [-0.3, -0.25) is 14.4 Å². The Hall–Kier alpha value is -1.95. The van der Waals surface area contributed by atoms with Gasteiger partial charge in [-0.25, -0.2) is 0 Å². The summed E-state index contributed by atoms with van der Waals surface area (Å²) in [5.41, 5.74) is 11.2. The second-order valence-electron chi connectivity index (χ2n) is 16.7. The standard InChI is InChI=1S/C45H93N7O8/c46-30-20-25-32-48-39(49-33-26-21-31-47)27-17-13-16-23-35-51-41(56)29-19-11-7-3-1-5-9-14-22-34-50-40(55)28-18-12-8-4-2-6-10-15-24-36-52-45(60)44(59)43(58)42(57)38(54)37-53/h38-39,42-44,48-49,53-54,57-59H,1-37,46-47H2,(H,50,55)(H,51,56)(H,52,60)/t38-,42-,43+,44-/m1/s1. The van der Waals surface area contributed by atoms with E-state index in [2.05, 4.69) is 26.6 Å². The summed E-state index contributed by atoms with van der Waals surface area (Å²) in [6.45, 7) is 4.56. The Bertz CT molecular complexity index is 974. The van der Waals surface area contributed by atoms with E-state index in [-0.39, 0.29) is 11.8 Å². The number of nitrogens with one attached hydrogen (secondary N) is 5. The minimum Gasteiger partial charge on any atom is -0.394 e. The third-order valence-corrected chi connectivity index (χ3v) is 11.1. The van der Waals surface area contributed by atoms with Crippen molar-refractivity contribution in [3.8, 4) is 0 Å². The van der Waals surface area contributed by atoms with Gasteiger partial charge in [0.2, 0.25) is 11.8 Å². The maximum Gasteiger partial charge on any atom is 0.251 e. The summed E-state index contributed by atoms with van der Waals surface area (Å²) in [6.07, 6.45) is 23.7. The molecule has 15 heteroatoms. The number of carbonyl (C=O) groups excluding carboxylic acids is 3. The molecule has 356 valence electrons. The zero-order valence-electron chi connectivity index (χ0n) is 37.7. The van der Waals surface area contributed by atoms with Crippen molar-refractivity contribution in [3.05, 3.63) is 0 Å². The highest BCUT2D eigenvalue weighted by molar-refractivity contribution is 5.81. The molecule has 0 saturated carbocycles. The molecular formula is C45H93N7O8. The van der Waals surface area contributed by atoms with Gasteiger partial charge in [0.05, 0.1) is 12.8 Å². The number of aliphatic hydroxyl groups is 5. The Morgan fingerprint density at radius 2 is 0.767 bits per heavy atom. The van der Waals surface area contributed by atoms with Gasteiger partial charge >= 0.3 is 0 Å². The summed E-state index contributed by atoms with van der Waals surface area (Å²) in [7, 11) is 0. The van der Waals surface area contributed by atoms with Gasteiger partial charge in [-0.15, -0.1) is 0 Å². The first-order valence-corrected chi connectivity index (χ1v) is 24.2. The molecule has 0 aliphatic rings. The summed E-state index contributed by atoms with van der Waals surface area (Å²) in [6, 6.07) is 0. The Morgan fingerprint density at radius 3 is 1.17 bits per heavy atom. The quantitative estimate of drug-likeness (QED) is 0.0310. The molecular weight excluding hydrogens is 767 g/mol. The van der Waals surface area contributed by atoms with Crippen LogP contribution >= 0.6 is 0 Å². The molecule has 15 nitrogen and oxygen atoms in total. The van der Waals surface area contributed by atoms with Gasteiger partial charge in [-0.05, 0) is 90.4 Å². The Morgan fingerprint density at radius 1 is 0.417 bits per heavy atom. The lowest BCUT2D eigenvalue weighted by Crippen LogP contribution is -2.51. The number of unbranched alkanes of at least 4 members (excludes halogenated alkanes) is 21. The van der Waals surface area contributed by atoms with Gasteiger partial charge in [-0.1, -0.05) is 109 Å². The zero-order chi connectivity index (χ0) is 44.3. The average Bonchev–Trinajstić information content (AvgIpc) is 3.25. The van der Waals surface area contributed by atoms with E-state index in [0.717, 1.165) is 168 Å². The van der Waals surface area contributed by atoms with E-state index < -0.39 is 36.9 Å². The molecule has 0 aromatic heterocycles. The van der Waals surface area contributed by atoms with Crippen molar-refractivity contribution in [2.75, 3.05) is 52.4 Å². The fourth-order valence-electron chi connectivity index (χ4n) is 7.12. The number of hydrogen-bond acceptors (Lipinski definition) is 12. The molecule has 0 radical (unpaired) electrons. The molecule has 0 aliphatic heterocycles. The molecule has 14 N–H and O–H groups in total. The third kappa shape index (κ3) is 36.7. The van der Waals surface area contributed by atoms with Crippen LogP contribution in [-0.2, 0) is 14.4 Å².